The van der Waals surface area contributed by atoms with Gasteiger partial charge in [-0.1, -0.05) is 51.5 Å². The van der Waals surface area contributed by atoms with Crippen LogP contribution in [0.1, 0.15) is 63.1 Å². The van der Waals surface area contributed by atoms with Gasteiger partial charge in [0, 0.05) is 19.1 Å². The fourth-order valence-electron chi connectivity index (χ4n) is 3.16. The van der Waals surface area contributed by atoms with E-state index in [-0.39, 0.29) is 6.04 Å². The van der Waals surface area contributed by atoms with Gasteiger partial charge in [0.1, 0.15) is 0 Å². The second-order valence-electron chi connectivity index (χ2n) is 6.60. The maximum Gasteiger partial charge on any atom is 0.0424 e. The lowest BCUT2D eigenvalue weighted by Gasteiger charge is -2.34. The minimum Gasteiger partial charge on any atom is -0.323 e. The van der Waals surface area contributed by atoms with Crippen molar-refractivity contribution in [2.45, 2.75) is 52.0 Å². The molecule has 0 bridgehead atoms. The molecule has 112 valence electrons. The number of nitrogens with two attached hydrogens (primary N) is 1. The highest BCUT2D eigenvalue weighted by molar-refractivity contribution is 5.26. The number of likely N-dealkylation sites (tertiary alicyclic amines) is 1. The molecule has 1 aromatic carbocycles. The molecule has 1 saturated heterocycles. The van der Waals surface area contributed by atoms with E-state index in [0.29, 0.717) is 5.92 Å². The highest BCUT2D eigenvalue weighted by atomic mass is 15.1. The minimum absolute atomic E-state index is 0.145. The number of piperidine rings is 1. The molecule has 1 aliphatic heterocycles. The Kier molecular flexibility index (Phi) is 5.62. The number of hydrogen-bond donors (Lipinski definition) is 1. The first-order valence-electron chi connectivity index (χ1n) is 8.18. The van der Waals surface area contributed by atoms with Crippen molar-refractivity contribution in [2.75, 3.05) is 19.6 Å². The van der Waals surface area contributed by atoms with Crippen LogP contribution in [0.5, 0.6) is 0 Å². The normalized spacial score (nSPS) is 22.1. The Hall–Kier alpha value is -0.860. The van der Waals surface area contributed by atoms with Gasteiger partial charge in [-0.2, -0.15) is 0 Å². The lowest BCUT2D eigenvalue weighted by atomic mass is 9.94. The molecule has 2 atom stereocenters. The van der Waals surface area contributed by atoms with Crippen LogP contribution in [-0.2, 0) is 0 Å². The fourth-order valence-corrected chi connectivity index (χ4v) is 3.16. The second-order valence-corrected chi connectivity index (χ2v) is 6.60. The molecule has 20 heavy (non-hydrogen) atoms. The Labute approximate surface area is 124 Å². The summed E-state index contributed by atoms with van der Waals surface area (Å²) in [6, 6.07) is 9.02. The van der Waals surface area contributed by atoms with E-state index in [0.717, 1.165) is 12.5 Å². The molecule has 0 aliphatic carbocycles. The van der Waals surface area contributed by atoms with E-state index in [1.807, 2.05) is 0 Å². The molecule has 1 fully saturated rings. The molecule has 1 aromatic rings. The fraction of sp³-hybridized carbons (Fsp3) is 0.667. The summed E-state index contributed by atoms with van der Waals surface area (Å²) in [5, 5.41) is 0. The van der Waals surface area contributed by atoms with Gasteiger partial charge in [0.05, 0.1) is 0 Å². The van der Waals surface area contributed by atoms with Gasteiger partial charge in [0.25, 0.3) is 0 Å². The number of benzene rings is 1. The molecule has 0 aromatic heterocycles. The first-order chi connectivity index (χ1) is 9.60. The largest absolute Gasteiger partial charge is 0.323 e. The summed E-state index contributed by atoms with van der Waals surface area (Å²) in [5.41, 5.74) is 9.06. The summed E-state index contributed by atoms with van der Waals surface area (Å²) in [6.07, 6.45) is 4.03. The van der Waals surface area contributed by atoms with Gasteiger partial charge in [-0.3, -0.25) is 0 Å². The molecule has 0 amide bonds. The van der Waals surface area contributed by atoms with Crippen LogP contribution in [0.3, 0.4) is 0 Å². The Morgan fingerprint density at radius 1 is 1.20 bits per heavy atom. The number of rotatable bonds is 5. The summed E-state index contributed by atoms with van der Waals surface area (Å²) in [7, 11) is 0. The van der Waals surface area contributed by atoms with Crippen LogP contribution in [0, 0.1) is 5.92 Å². The van der Waals surface area contributed by atoms with E-state index in [1.54, 1.807) is 0 Å². The number of nitrogens with zero attached hydrogens (tertiary/aromatic N) is 1. The molecule has 0 spiro atoms. The van der Waals surface area contributed by atoms with Gasteiger partial charge in [-0.05, 0) is 42.3 Å². The third kappa shape index (κ3) is 4.07. The van der Waals surface area contributed by atoms with Crippen molar-refractivity contribution in [3.8, 4) is 0 Å². The molecule has 2 nitrogen and oxygen atoms in total. The SMILES string of the molecule is CCC1CCCN(CC(N)c2ccc(C(C)C)cc2)C1. The molecular weight excluding hydrogens is 244 g/mol. The summed E-state index contributed by atoms with van der Waals surface area (Å²) in [5.74, 6) is 1.46. The topological polar surface area (TPSA) is 29.3 Å². The zero-order chi connectivity index (χ0) is 14.5. The molecule has 2 heteroatoms. The quantitative estimate of drug-likeness (QED) is 0.881. The van der Waals surface area contributed by atoms with E-state index in [9.17, 15) is 0 Å². The molecule has 1 aliphatic rings. The zero-order valence-corrected chi connectivity index (χ0v) is 13.3. The van der Waals surface area contributed by atoms with Gasteiger partial charge >= 0.3 is 0 Å². The smallest absolute Gasteiger partial charge is 0.0424 e. The molecule has 2 unspecified atom stereocenters. The van der Waals surface area contributed by atoms with Gasteiger partial charge < -0.3 is 10.6 Å². The standard InChI is InChI=1S/C18H30N2/c1-4-15-6-5-11-20(12-15)13-18(19)17-9-7-16(8-10-17)14(2)3/h7-10,14-15,18H,4-6,11-13,19H2,1-3H3. The average Bonchev–Trinajstić information content (AvgIpc) is 2.47. The van der Waals surface area contributed by atoms with Gasteiger partial charge in [0.15, 0.2) is 0 Å². The first-order valence-corrected chi connectivity index (χ1v) is 8.18. The third-order valence-electron chi connectivity index (χ3n) is 4.67. The van der Waals surface area contributed by atoms with E-state index < -0.39 is 0 Å². The molecule has 2 N–H and O–H groups in total. The van der Waals surface area contributed by atoms with E-state index >= 15 is 0 Å². The van der Waals surface area contributed by atoms with Crippen LogP contribution in [0.15, 0.2) is 24.3 Å². The molecular formula is C18H30N2. The maximum absolute atomic E-state index is 6.40. The summed E-state index contributed by atoms with van der Waals surface area (Å²) in [6.45, 7) is 10.2. The summed E-state index contributed by atoms with van der Waals surface area (Å²) < 4.78 is 0. The highest BCUT2D eigenvalue weighted by Gasteiger charge is 2.20. The van der Waals surface area contributed by atoms with Crippen LogP contribution in [-0.4, -0.2) is 24.5 Å². The lowest BCUT2D eigenvalue weighted by Crippen LogP contribution is -2.39. The zero-order valence-electron chi connectivity index (χ0n) is 13.3. The van der Waals surface area contributed by atoms with Crippen molar-refractivity contribution in [1.29, 1.82) is 0 Å². The van der Waals surface area contributed by atoms with Crippen molar-refractivity contribution in [1.82, 2.24) is 4.90 Å². The maximum atomic E-state index is 6.40. The monoisotopic (exact) mass is 274 g/mol. The second kappa shape index (κ2) is 7.24. The van der Waals surface area contributed by atoms with Crippen molar-refractivity contribution in [3.63, 3.8) is 0 Å². The van der Waals surface area contributed by atoms with Gasteiger partial charge in [-0.25, -0.2) is 0 Å². The summed E-state index contributed by atoms with van der Waals surface area (Å²) >= 11 is 0. The molecule has 2 rings (SSSR count). The first kappa shape index (κ1) is 15.5. The minimum atomic E-state index is 0.145. The number of hydrogen-bond acceptors (Lipinski definition) is 2. The molecule has 1 heterocycles. The average molecular weight is 274 g/mol. The predicted octanol–water partition coefficient (Wildman–Crippen LogP) is 3.93. The molecule has 0 saturated carbocycles. The lowest BCUT2D eigenvalue weighted by molar-refractivity contribution is 0.163. The predicted molar refractivity (Wildman–Crippen MR) is 86.9 cm³/mol. The van der Waals surface area contributed by atoms with Crippen LogP contribution in [0.4, 0.5) is 0 Å². The Morgan fingerprint density at radius 3 is 2.45 bits per heavy atom. The van der Waals surface area contributed by atoms with Crippen LogP contribution >= 0.6 is 0 Å². The van der Waals surface area contributed by atoms with Crippen LogP contribution < -0.4 is 5.73 Å². The van der Waals surface area contributed by atoms with Crippen molar-refractivity contribution in [3.05, 3.63) is 35.4 Å². The van der Waals surface area contributed by atoms with Crippen molar-refractivity contribution in [2.24, 2.45) is 11.7 Å². The van der Waals surface area contributed by atoms with E-state index in [2.05, 4.69) is 49.9 Å². The highest BCUT2D eigenvalue weighted by Crippen LogP contribution is 2.22. The summed E-state index contributed by atoms with van der Waals surface area (Å²) in [4.78, 5) is 2.55. The van der Waals surface area contributed by atoms with E-state index in [4.69, 9.17) is 5.73 Å². The van der Waals surface area contributed by atoms with Gasteiger partial charge in [0.2, 0.25) is 0 Å². The van der Waals surface area contributed by atoms with Gasteiger partial charge in [-0.15, -0.1) is 0 Å². The van der Waals surface area contributed by atoms with Crippen LogP contribution in [0.25, 0.3) is 0 Å². The Morgan fingerprint density at radius 2 is 1.85 bits per heavy atom. The molecule has 0 radical (unpaired) electrons. The van der Waals surface area contributed by atoms with E-state index in [1.165, 1.54) is 43.5 Å². The Bertz CT molecular complexity index is 396. The Balaban J connectivity index is 1.92. The van der Waals surface area contributed by atoms with Crippen LogP contribution in [0.2, 0.25) is 0 Å². The van der Waals surface area contributed by atoms with Crippen molar-refractivity contribution >= 4 is 0 Å². The third-order valence-corrected chi connectivity index (χ3v) is 4.67. The van der Waals surface area contributed by atoms with Crippen molar-refractivity contribution < 1.29 is 0 Å².